The van der Waals surface area contributed by atoms with Gasteiger partial charge in [-0.1, -0.05) is 15.9 Å². The summed E-state index contributed by atoms with van der Waals surface area (Å²) in [5, 5.41) is 12.0. The Morgan fingerprint density at radius 1 is 1.35 bits per heavy atom. The van der Waals surface area contributed by atoms with Gasteiger partial charge in [0.15, 0.2) is 0 Å². The second kappa shape index (κ2) is 6.75. The normalized spacial score (nSPS) is 20.5. The third-order valence-electron chi connectivity index (χ3n) is 5.08. The number of carbonyl (C=O) groups is 1. The minimum atomic E-state index is -0.985. The highest BCUT2D eigenvalue weighted by atomic mass is 79.9. The number of halogens is 1. The van der Waals surface area contributed by atoms with Crippen molar-refractivity contribution in [3.63, 3.8) is 0 Å². The number of aromatic nitrogens is 2. The fourth-order valence-corrected chi connectivity index (χ4v) is 4.07. The molecule has 1 aliphatic rings. The Morgan fingerprint density at radius 2 is 2.12 bits per heavy atom. The van der Waals surface area contributed by atoms with Gasteiger partial charge in [0, 0.05) is 22.3 Å². The molecule has 3 aromatic rings. The highest BCUT2D eigenvalue weighted by Crippen LogP contribution is 2.35. The summed E-state index contributed by atoms with van der Waals surface area (Å²) < 4.78 is 6.57. The molecule has 3 N–H and O–H groups in total. The molecule has 26 heavy (non-hydrogen) atoms. The maximum atomic E-state index is 12.5. The van der Waals surface area contributed by atoms with Gasteiger partial charge in [-0.15, -0.1) is 0 Å². The number of amides is 1. The van der Waals surface area contributed by atoms with Gasteiger partial charge in [-0.05, 0) is 49.8 Å². The van der Waals surface area contributed by atoms with Crippen LogP contribution in [0.5, 0.6) is 0 Å². The van der Waals surface area contributed by atoms with Crippen molar-refractivity contribution in [2.45, 2.75) is 31.6 Å². The van der Waals surface area contributed by atoms with Crippen LogP contribution in [-0.2, 0) is 0 Å². The first-order chi connectivity index (χ1) is 12.5. The van der Waals surface area contributed by atoms with Crippen molar-refractivity contribution in [2.75, 3.05) is 6.54 Å². The third-order valence-corrected chi connectivity index (χ3v) is 5.57. The number of fused-ring (bicyclic) bond motifs is 3. The zero-order valence-electron chi connectivity index (χ0n) is 13.9. The molecule has 1 amide bonds. The molecule has 4 rings (SSSR count). The topological polar surface area (TPSA) is 108 Å². The van der Waals surface area contributed by atoms with E-state index in [2.05, 4.69) is 26.2 Å². The van der Waals surface area contributed by atoms with Crippen LogP contribution >= 0.6 is 15.9 Å². The Kier molecular flexibility index (Phi) is 4.44. The number of aromatic amines is 1. The predicted molar refractivity (Wildman–Crippen MR) is 101 cm³/mol. The van der Waals surface area contributed by atoms with E-state index < -0.39 is 6.09 Å². The van der Waals surface area contributed by atoms with Gasteiger partial charge in [0.05, 0.1) is 0 Å². The molecule has 7 nitrogen and oxygen atoms in total. The van der Waals surface area contributed by atoms with Gasteiger partial charge >= 0.3 is 6.09 Å². The lowest BCUT2D eigenvalue weighted by Gasteiger charge is -2.27. The number of rotatable bonds is 3. The van der Waals surface area contributed by atoms with Crippen LogP contribution in [-0.4, -0.2) is 27.7 Å². The summed E-state index contributed by atoms with van der Waals surface area (Å²) in [4.78, 5) is 30.7. The molecule has 2 heterocycles. The Labute approximate surface area is 156 Å². The van der Waals surface area contributed by atoms with E-state index in [-0.39, 0.29) is 17.1 Å². The SMILES string of the molecule is O=C(O)NCC1CCC(c2nc3c(oc4ccc(Br)cc43)c(=O)[nH]2)CC1. The van der Waals surface area contributed by atoms with Gasteiger partial charge in [0.1, 0.15) is 16.9 Å². The second-order valence-corrected chi connectivity index (χ2v) is 7.69. The molecule has 0 unspecified atom stereocenters. The first-order valence-corrected chi connectivity index (χ1v) is 9.39. The third kappa shape index (κ3) is 3.21. The van der Waals surface area contributed by atoms with Crippen molar-refractivity contribution in [1.82, 2.24) is 15.3 Å². The molecule has 1 aromatic carbocycles. The summed E-state index contributed by atoms with van der Waals surface area (Å²) in [5.41, 5.74) is 1.23. The van der Waals surface area contributed by atoms with E-state index in [0.29, 0.717) is 29.4 Å². The molecule has 0 aliphatic heterocycles. The number of furan rings is 1. The van der Waals surface area contributed by atoms with Crippen LogP contribution in [0.4, 0.5) is 4.79 Å². The molecule has 0 saturated heterocycles. The van der Waals surface area contributed by atoms with Gasteiger partial charge in [-0.2, -0.15) is 0 Å². The first kappa shape index (κ1) is 17.1. The summed E-state index contributed by atoms with van der Waals surface area (Å²) in [7, 11) is 0. The number of carboxylic acid groups (broad SMARTS) is 1. The minimum absolute atomic E-state index is 0.172. The number of H-pyrrole nitrogens is 1. The molecule has 1 aliphatic carbocycles. The lowest BCUT2D eigenvalue weighted by atomic mass is 9.81. The standard InChI is InChI=1S/C18H18BrN3O4/c19-11-5-6-13-12(7-11)14-15(26-13)17(23)22-16(21-14)10-3-1-9(2-4-10)8-20-18(24)25/h5-7,9-10,20H,1-4,8H2,(H,24,25)(H,21,22,23). The molecule has 0 atom stereocenters. The van der Waals surface area contributed by atoms with Crippen LogP contribution in [0.3, 0.4) is 0 Å². The fraction of sp³-hybridized carbons (Fsp3) is 0.389. The van der Waals surface area contributed by atoms with E-state index >= 15 is 0 Å². The summed E-state index contributed by atoms with van der Waals surface area (Å²) in [5.74, 6) is 1.20. The van der Waals surface area contributed by atoms with Gasteiger partial charge in [0.25, 0.3) is 5.56 Å². The fourth-order valence-electron chi connectivity index (χ4n) is 3.71. The average molecular weight is 420 g/mol. The first-order valence-electron chi connectivity index (χ1n) is 8.60. The Hall–Kier alpha value is -2.35. The quantitative estimate of drug-likeness (QED) is 0.594. The summed E-state index contributed by atoms with van der Waals surface area (Å²) in [6, 6.07) is 5.60. The molecular formula is C18H18BrN3O4. The van der Waals surface area contributed by atoms with Gasteiger partial charge in [-0.3, -0.25) is 4.79 Å². The van der Waals surface area contributed by atoms with Crippen molar-refractivity contribution in [3.05, 3.63) is 38.9 Å². The molecule has 8 heteroatoms. The largest absolute Gasteiger partial charge is 0.465 e. The van der Waals surface area contributed by atoms with E-state index in [1.165, 1.54) is 0 Å². The monoisotopic (exact) mass is 419 g/mol. The summed E-state index contributed by atoms with van der Waals surface area (Å²) in [6.45, 7) is 0.478. The molecule has 0 spiro atoms. The lowest BCUT2D eigenvalue weighted by Crippen LogP contribution is -2.30. The summed E-state index contributed by atoms with van der Waals surface area (Å²) in [6.07, 6.45) is 2.58. The second-order valence-electron chi connectivity index (χ2n) is 6.78. The van der Waals surface area contributed by atoms with Gasteiger partial charge < -0.3 is 19.8 Å². The molecule has 1 saturated carbocycles. The molecule has 2 aromatic heterocycles. The highest BCUT2D eigenvalue weighted by Gasteiger charge is 2.25. The Balaban J connectivity index is 1.61. The van der Waals surface area contributed by atoms with Crippen molar-refractivity contribution in [3.8, 4) is 0 Å². The van der Waals surface area contributed by atoms with E-state index in [1.807, 2.05) is 18.2 Å². The van der Waals surface area contributed by atoms with Crippen molar-refractivity contribution in [1.29, 1.82) is 0 Å². The summed E-state index contributed by atoms with van der Waals surface area (Å²) >= 11 is 3.44. The number of hydrogen-bond donors (Lipinski definition) is 3. The highest BCUT2D eigenvalue weighted by molar-refractivity contribution is 9.10. The van der Waals surface area contributed by atoms with E-state index in [4.69, 9.17) is 14.5 Å². The van der Waals surface area contributed by atoms with Crippen molar-refractivity contribution < 1.29 is 14.3 Å². The number of nitrogens with zero attached hydrogens (tertiary/aromatic N) is 1. The molecule has 0 bridgehead atoms. The van der Waals surface area contributed by atoms with Crippen LogP contribution in [0.25, 0.3) is 22.1 Å². The molecular weight excluding hydrogens is 402 g/mol. The van der Waals surface area contributed by atoms with Crippen molar-refractivity contribution >= 4 is 44.1 Å². The van der Waals surface area contributed by atoms with E-state index in [9.17, 15) is 9.59 Å². The Bertz CT molecular complexity index is 1030. The van der Waals surface area contributed by atoms with Gasteiger partial charge in [-0.25, -0.2) is 9.78 Å². The number of benzene rings is 1. The maximum absolute atomic E-state index is 12.5. The number of hydrogen-bond acceptors (Lipinski definition) is 4. The lowest BCUT2D eigenvalue weighted by molar-refractivity contribution is 0.189. The van der Waals surface area contributed by atoms with Crippen LogP contribution in [0, 0.1) is 5.92 Å². The molecule has 136 valence electrons. The Morgan fingerprint density at radius 3 is 2.85 bits per heavy atom. The van der Waals surface area contributed by atoms with Crippen LogP contribution in [0.2, 0.25) is 0 Å². The maximum Gasteiger partial charge on any atom is 0.404 e. The zero-order chi connectivity index (χ0) is 18.3. The van der Waals surface area contributed by atoms with E-state index in [1.54, 1.807) is 0 Å². The van der Waals surface area contributed by atoms with Gasteiger partial charge in [0.2, 0.25) is 5.58 Å². The molecule has 0 radical (unpaired) electrons. The minimum Gasteiger partial charge on any atom is -0.465 e. The smallest absolute Gasteiger partial charge is 0.404 e. The predicted octanol–water partition coefficient (Wildman–Crippen LogP) is 3.97. The van der Waals surface area contributed by atoms with Crippen LogP contribution in [0.1, 0.15) is 37.4 Å². The average Bonchev–Trinajstić information content (AvgIpc) is 2.99. The van der Waals surface area contributed by atoms with Crippen LogP contribution in [0.15, 0.2) is 31.9 Å². The number of nitrogens with one attached hydrogen (secondary N) is 2. The van der Waals surface area contributed by atoms with Crippen LogP contribution < -0.4 is 10.9 Å². The van der Waals surface area contributed by atoms with Crippen molar-refractivity contribution in [2.24, 2.45) is 5.92 Å². The molecule has 1 fully saturated rings. The zero-order valence-corrected chi connectivity index (χ0v) is 15.5. The van der Waals surface area contributed by atoms with E-state index in [0.717, 1.165) is 35.5 Å².